The van der Waals surface area contributed by atoms with Gasteiger partial charge in [0.25, 0.3) is 0 Å². The summed E-state index contributed by atoms with van der Waals surface area (Å²) < 4.78 is 19.1. The second kappa shape index (κ2) is 6.57. The van der Waals surface area contributed by atoms with E-state index in [2.05, 4.69) is 19.2 Å². The van der Waals surface area contributed by atoms with Crippen LogP contribution in [0.4, 0.5) is 4.39 Å². The average molecular weight is 279 g/mol. The molecule has 2 nitrogen and oxygen atoms in total. The van der Waals surface area contributed by atoms with Gasteiger partial charge in [-0.3, -0.25) is 0 Å². The first-order chi connectivity index (χ1) is 9.51. The van der Waals surface area contributed by atoms with Gasteiger partial charge >= 0.3 is 0 Å². The molecule has 1 aliphatic carbocycles. The number of hydrogen-bond donors (Lipinski definition) is 1. The van der Waals surface area contributed by atoms with Crippen LogP contribution in [-0.2, 0) is 0 Å². The molecule has 0 spiro atoms. The minimum atomic E-state index is -0.193. The highest BCUT2D eigenvalue weighted by atomic mass is 19.1. The Morgan fingerprint density at radius 1 is 1.25 bits per heavy atom. The number of hydrogen-bond acceptors (Lipinski definition) is 2. The molecular formula is C17H26FNO. The van der Waals surface area contributed by atoms with E-state index in [1.807, 2.05) is 19.1 Å². The van der Waals surface area contributed by atoms with Crippen LogP contribution >= 0.6 is 0 Å². The maximum Gasteiger partial charge on any atom is 0.131 e. The zero-order valence-electron chi connectivity index (χ0n) is 12.9. The summed E-state index contributed by atoms with van der Waals surface area (Å²) in [6.07, 6.45) is 3.63. The molecule has 1 aromatic rings. The molecule has 1 fully saturated rings. The van der Waals surface area contributed by atoms with E-state index in [0.717, 1.165) is 17.4 Å². The summed E-state index contributed by atoms with van der Waals surface area (Å²) in [6.45, 7) is 6.68. The molecule has 4 unspecified atom stereocenters. The molecule has 3 heteroatoms. The molecule has 1 saturated carbocycles. The quantitative estimate of drug-likeness (QED) is 0.886. The first kappa shape index (κ1) is 15.3. The monoisotopic (exact) mass is 279 g/mol. The van der Waals surface area contributed by atoms with E-state index in [9.17, 15) is 4.39 Å². The van der Waals surface area contributed by atoms with Gasteiger partial charge < -0.3 is 10.1 Å². The van der Waals surface area contributed by atoms with Gasteiger partial charge in [-0.1, -0.05) is 19.9 Å². The van der Waals surface area contributed by atoms with Gasteiger partial charge in [-0.15, -0.1) is 0 Å². The minimum Gasteiger partial charge on any atom is -0.497 e. The predicted octanol–water partition coefficient (Wildman–Crippen LogP) is 4.31. The van der Waals surface area contributed by atoms with Gasteiger partial charge in [-0.25, -0.2) is 4.39 Å². The summed E-state index contributed by atoms with van der Waals surface area (Å²) in [4.78, 5) is 0. The summed E-state index contributed by atoms with van der Waals surface area (Å²) in [6, 6.07) is 5.63. The van der Waals surface area contributed by atoms with Crippen molar-refractivity contribution < 1.29 is 9.13 Å². The van der Waals surface area contributed by atoms with E-state index in [-0.39, 0.29) is 11.9 Å². The molecule has 112 valence electrons. The average Bonchev–Trinajstić information content (AvgIpc) is 2.42. The van der Waals surface area contributed by atoms with Gasteiger partial charge in [0.05, 0.1) is 7.11 Å². The van der Waals surface area contributed by atoms with Gasteiger partial charge in [0, 0.05) is 23.7 Å². The van der Waals surface area contributed by atoms with Crippen LogP contribution in [0, 0.1) is 17.7 Å². The molecule has 2 rings (SSSR count). The molecular weight excluding hydrogens is 253 g/mol. The zero-order chi connectivity index (χ0) is 14.7. The third-order valence-corrected chi connectivity index (χ3v) is 4.76. The Labute approximate surface area is 121 Å². The van der Waals surface area contributed by atoms with Crippen LogP contribution in [0.25, 0.3) is 0 Å². The van der Waals surface area contributed by atoms with E-state index in [4.69, 9.17) is 4.74 Å². The highest BCUT2D eigenvalue weighted by Gasteiger charge is 2.26. The van der Waals surface area contributed by atoms with E-state index in [1.54, 1.807) is 7.11 Å². The Morgan fingerprint density at radius 3 is 2.60 bits per heavy atom. The van der Waals surface area contributed by atoms with Crippen molar-refractivity contribution >= 4 is 0 Å². The highest BCUT2D eigenvalue weighted by Crippen LogP contribution is 2.31. The maximum atomic E-state index is 14.1. The Kier molecular flexibility index (Phi) is 5.03. The van der Waals surface area contributed by atoms with Gasteiger partial charge in [0.1, 0.15) is 11.6 Å². The van der Waals surface area contributed by atoms with E-state index in [0.29, 0.717) is 11.8 Å². The van der Waals surface area contributed by atoms with Crippen molar-refractivity contribution in [2.24, 2.45) is 11.8 Å². The molecule has 0 aromatic heterocycles. The minimum absolute atomic E-state index is 0.0338. The number of methoxy groups -OCH3 is 1. The molecule has 4 atom stereocenters. The number of ether oxygens (including phenoxy) is 1. The Bertz CT molecular complexity index is 449. The SMILES string of the molecule is COc1ccc(C(C)NC2CCC(C)C(C)C2)c(F)c1. The fourth-order valence-electron chi connectivity index (χ4n) is 3.13. The molecule has 1 aromatic carbocycles. The van der Waals surface area contributed by atoms with Crippen LogP contribution in [0.1, 0.15) is 51.6 Å². The fourth-order valence-corrected chi connectivity index (χ4v) is 3.13. The molecule has 0 heterocycles. The summed E-state index contributed by atoms with van der Waals surface area (Å²) in [5, 5.41) is 3.58. The molecule has 0 radical (unpaired) electrons. The van der Waals surface area contributed by atoms with Gasteiger partial charge in [-0.05, 0) is 44.1 Å². The Morgan fingerprint density at radius 2 is 2.00 bits per heavy atom. The zero-order valence-corrected chi connectivity index (χ0v) is 12.9. The lowest BCUT2D eigenvalue weighted by molar-refractivity contribution is 0.216. The number of halogens is 1. The van der Waals surface area contributed by atoms with Crippen molar-refractivity contribution in [3.8, 4) is 5.75 Å². The first-order valence-electron chi connectivity index (χ1n) is 7.60. The second-order valence-corrected chi connectivity index (χ2v) is 6.24. The molecule has 0 saturated heterocycles. The normalized spacial score (nSPS) is 28.1. The third kappa shape index (κ3) is 3.51. The fraction of sp³-hybridized carbons (Fsp3) is 0.647. The molecule has 1 N–H and O–H groups in total. The number of rotatable bonds is 4. The summed E-state index contributed by atoms with van der Waals surface area (Å²) in [5.41, 5.74) is 0.720. The summed E-state index contributed by atoms with van der Waals surface area (Å²) >= 11 is 0. The van der Waals surface area contributed by atoms with Crippen molar-refractivity contribution in [1.82, 2.24) is 5.32 Å². The standard InChI is InChI=1S/C17H26FNO/c1-11-5-6-14(9-12(11)2)19-13(3)16-8-7-15(20-4)10-17(16)18/h7-8,10-14,19H,5-6,9H2,1-4H3. The Hall–Kier alpha value is -1.09. The van der Waals surface area contributed by atoms with Crippen LogP contribution in [0.3, 0.4) is 0 Å². The van der Waals surface area contributed by atoms with Crippen molar-refractivity contribution in [2.45, 2.75) is 52.1 Å². The van der Waals surface area contributed by atoms with Crippen molar-refractivity contribution in [2.75, 3.05) is 7.11 Å². The van der Waals surface area contributed by atoms with Crippen LogP contribution in [0.15, 0.2) is 18.2 Å². The van der Waals surface area contributed by atoms with Gasteiger partial charge in [0.2, 0.25) is 0 Å². The van der Waals surface area contributed by atoms with Gasteiger partial charge in [-0.2, -0.15) is 0 Å². The lowest BCUT2D eigenvalue weighted by Gasteiger charge is -2.34. The predicted molar refractivity (Wildman–Crippen MR) is 80.5 cm³/mol. The van der Waals surface area contributed by atoms with E-state index < -0.39 is 0 Å². The second-order valence-electron chi connectivity index (χ2n) is 6.24. The molecule has 0 bridgehead atoms. The molecule has 1 aliphatic rings. The lowest BCUT2D eigenvalue weighted by atomic mass is 9.79. The van der Waals surface area contributed by atoms with Crippen molar-refractivity contribution in [3.05, 3.63) is 29.6 Å². The number of benzene rings is 1. The Balaban J connectivity index is 1.99. The van der Waals surface area contributed by atoms with E-state index >= 15 is 0 Å². The van der Waals surface area contributed by atoms with Crippen LogP contribution < -0.4 is 10.1 Å². The van der Waals surface area contributed by atoms with Crippen molar-refractivity contribution in [3.63, 3.8) is 0 Å². The highest BCUT2D eigenvalue weighted by molar-refractivity contribution is 5.30. The van der Waals surface area contributed by atoms with Crippen LogP contribution in [-0.4, -0.2) is 13.2 Å². The van der Waals surface area contributed by atoms with Crippen LogP contribution in [0.2, 0.25) is 0 Å². The molecule has 0 aliphatic heterocycles. The topological polar surface area (TPSA) is 21.3 Å². The van der Waals surface area contributed by atoms with Crippen LogP contribution in [0.5, 0.6) is 5.75 Å². The van der Waals surface area contributed by atoms with E-state index in [1.165, 1.54) is 25.3 Å². The molecule has 20 heavy (non-hydrogen) atoms. The molecule has 0 amide bonds. The largest absolute Gasteiger partial charge is 0.497 e. The van der Waals surface area contributed by atoms with Crippen molar-refractivity contribution in [1.29, 1.82) is 0 Å². The van der Waals surface area contributed by atoms with Gasteiger partial charge in [0.15, 0.2) is 0 Å². The smallest absolute Gasteiger partial charge is 0.131 e. The third-order valence-electron chi connectivity index (χ3n) is 4.76. The number of nitrogens with one attached hydrogen (secondary N) is 1. The summed E-state index contributed by atoms with van der Waals surface area (Å²) in [5.74, 6) is 1.93. The first-order valence-corrected chi connectivity index (χ1v) is 7.60. The lowest BCUT2D eigenvalue weighted by Crippen LogP contribution is -2.37. The summed E-state index contributed by atoms with van der Waals surface area (Å²) in [7, 11) is 1.56. The maximum absolute atomic E-state index is 14.1.